The fourth-order valence-electron chi connectivity index (χ4n) is 4.02. The number of esters is 1. The van der Waals surface area contributed by atoms with Crippen molar-refractivity contribution in [3.8, 4) is 0 Å². The molecule has 0 aromatic carbocycles. The third kappa shape index (κ3) is 6.22. The molecule has 2 N–H and O–H groups in total. The number of ether oxygens (including phenoxy) is 2. The Morgan fingerprint density at radius 1 is 1.31 bits per heavy atom. The first-order chi connectivity index (χ1) is 12.5. The second-order valence-corrected chi connectivity index (χ2v) is 7.48. The second kappa shape index (κ2) is 10.9. The van der Waals surface area contributed by atoms with E-state index in [1.807, 2.05) is 24.3 Å². The third-order valence-electron chi connectivity index (χ3n) is 5.50. The Hall–Kier alpha value is -1.17. The quantitative estimate of drug-likeness (QED) is 0.353. The van der Waals surface area contributed by atoms with Crippen molar-refractivity contribution in [2.24, 2.45) is 11.8 Å². The number of allylic oxidation sites excluding steroid dienone is 1. The number of hydrogen-bond donors (Lipinski definition) is 2. The van der Waals surface area contributed by atoms with E-state index in [4.69, 9.17) is 4.74 Å². The van der Waals surface area contributed by atoms with Crippen LogP contribution in [0.3, 0.4) is 0 Å². The Morgan fingerprint density at radius 3 is 2.85 bits per heavy atom. The van der Waals surface area contributed by atoms with Gasteiger partial charge in [0.1, 0.15) is 0 Å². The summed E-state index contributed by atoms with van der Waals surface area (Å²) < 4.78 is 10.7. The number of carbonyl (C=O) groups is 1. The molecule has 26 heavy (non-hydrogen) atoms. The van der Waals surface area contributed by atoms with E-state index < -0.39 is 12.2 Å². The van der Waals surface area contributed by atoms with Gasteiger partial charge >= 0.3 is 5.97 Å². The second-order valence-electron chi connectivity index (χ2n) is 7.48. The maximum absolute atomic E-state index is 11.1. The zero-order valence-corrected chi connectivity index (χ0v) is 16.0. The fourth-order valence-corrected chi connectivity index (χ4v) is 4.02. The van der Waals surface area contributed by atoms with E-state index in [9.17, 15) is 15.0 Å². The largest absolute Gasteiger partial charge is 0.469 e. The molecule has 0 spiro atoms. The van der Waals surface area contributed by atoms with Crippen molar-refractivity contribution in [2.75, 3.05) is 7.11 Å². The van der Waals surface area contributed by atoms with Crippen LogP contribution in [-0.4, -0.2) is 47.7 Å². The molecule has 0 aromatic heterocycles. The maximum Gasteiger partial charge on any atom is 0.305 e. The van der Waals surface area contributed by atoms with Crippen molar-refractivity contribution in [1.29, 1.82) is 0 Å². The highest BCUT2D eigenvalue weighted by Crippen LogP contribution is 2.44. The molecule has 1 saturated carbocycles. The Labute approximate surface area is 157 Å². The summed E-state index contributed by atoms with van der Waals surface area (Å²) in [7, 11) is 1.40. The molecule has 1 aliphatic heterocycles. The monoisotopic (exact) mass is 366 g/mol. The van der Waals surface area contributed by atoms with Crippen LogP contribution in [-0.2, 0) is 14.3 Å². The van der Waals surface area contributed by atoms with Gasteiger partial charge in [-0.2, -0.15) is 0 Å². The lowest BCUT2D eigenvalue weighted by Crippen LogP contribution is -2.19. The summed E-state index contributed by atoms with van der Waals surface area (Å²) in [5.74, 6) is 0.137. The van der Waals surface area contributed by atoms with Crippen LogP contribution >= 0.6 is 0 Å². The number of hydrogen-bond acceptors (Lipinski definition) is 5. The molecule has 2 aliphatic rings. The van der Waals surface area contributed by atoms with Crippen LogP contribution in [0, 0.1) is 11.8 Å². The summed E-state index contributed by atoms with van der Waals surface area (Å²) in [5, 5.41) is 20.4. The van der Waals surface area contributed by atoms with E-state index in [0.29, 0.717) is 25.2 Å². The first kappa shape index (κ1) is 21.1. The molecule has 5 heteroatoms. The van der Waals surface area contributed by atoms with Crippen LogP contribution < -0.4 is 0 Å². The van der Waals surface area contributed by atoms with E-state index in [1.54, 1.807) is 0 Å². The predicted octanol–water partition coefficient (Wildman–Crippen LogP) is 3.15. The van der Waals surface area contributed by atoms with Crippen molar-refractivity contribution in [3.05, 3.63) is 24.3 Å². The summed E-state index contributed by atoms with van der Waals surface area (Å²) in [6.07, 6.45) is 13.8. The molecule has 2 fully saturated rings. The summed E-state index contributed by atoms with van der Waals surface area (Å²) in [4.78, 5) is 11.1. The summed E-state index contributed by atoms with van der Waals surface area (Å²) >= 11 is 0. The topological polar surface area (TPSA) is 76.0 Å². The molecule has 1 aliphatic carbocycles. The lowest BCUT2D eigenvalue weighted by atomic mass is 9.89. The zero-order chi connectivity index (χ0) is 18.9. The Bertz CT molecular complexity index is 487. The Kier molecular flexibility index (Phi) is 8.82. The van der Waals surface area contributed by atoms with Gasteiger partial charge in [-0.15, -0.1) is 0 Å². The van der Waals surface area contributed by atoms with E-state index >= 15 is 0 Å². The van der Waals surface area contributed by atoms with Gasteiger partial charge in [0.25, 0.3) is 0 Å². The molecular formula is C21H34O5. The highest BCUT2D eigenvalue weighted by atomic mass is 16.5. The SMILES string of the molecule is CCCCC[C@H](O)/C=C/[C@@H]1[C@H]2CC(/C=C/CCC(=O)OC)O[C@@H]2C[C@H]1O. The molecule has 5 nitrogen and oxygen atoms in total. The molecule has 0 radical (unpaired) electrons. The van der Waals surface area contributed by atoms with Gasteiger partial charge in [0.2, 0.25) is 0 Å². The third-order valence-corrected chi connectivity index (χ3v) is 5.50. The maximum atomic E-state index is 11.1. The minimum Gasteiger partial charge on any atom is -0.469 e. The molecule has 2 rings (SSSR count). The van der Waals surface area contributed by atoms with Gasteiger partial charge in [-0.1, -0.05) is 50.5 Å². The van der Waals surface area contributed by atoms with Crippen LogP contribution in [0.1, 0.15) is 58.3 Å². The van der Waals surface area contributed by atoms with Crippen LogP contribution in [0.4, 0.5) is 0 Å². The average Bonchev–Trinajstić information content (AvgIpc) is 3.13. The van der Waals surface area contributed by atoms with Gasteiger partial charge in [-0.3, -0.25) is 4.79 Å². The first-order valence-corrected chi connectivity index (χ1v) is 9.98. The standard InChI is InChI=1S/C21H34O5/c1-3-4-5-8-15(22)11-12-17-18-13-16(26-20(18)14-19(17)23)9-6-7-10-21(24)25-2/h6,9,11-12,15-20,22-23H,3-5,7-8,10,13-14H2,1-2H3/b9-6+,12-11+/t15-,16?,17+,18+,19+,20+/m0/s1. The van der Waals surface area contributed by atoms with Crippen molar-refractivity contribution in [1.82, 2.24) is 0 Å². The van der Waals surface area contributed by atoms with Gasteiger partial charge in [0, 0.05) is 18.8 Å². The predicted molar refractivity (Wildman–Crippen MR) is 101 cm³/mol. The molecule has 148 valence electrons. The summed E-state index contributed by atoms with van der Waals surface area (Å²) in [6, 6.07) is 0. The van der Waals surface area contributed by atoms with Gasteiger partial charge < -0.3 is 19.7 Å². The lowest BCUT2D eigenvalue weighted by molar-refractivity contribution is -0.140. The Morgan fingerprint density at radius 2 is 2.12 bits per heavy atom. The molecule has 1 saturated heterocycles. The molecule has 0 bridgehead atoms. The molecule has 1 unspecified atom stereocenters. The highest BCUT2D eigenvalue weighted by molar-refractivity contribution is 5.69. The molecule has 1 heterocycles. The van der Waals surface area contributed by atoms with Crippen LogP contribution in [0.2, 0.25) is 0 Å². The van der Waals surface area contributed by atoms with E-state index in [1.165, 1.54) is 7.11 Å². The normalized spacial score (nSPS) is 32.4. The van der Waals surface area contributed by atoms with Gasteiger partial charge in [0.15, 0.2) is 0 Å². The molecule has 0 aromatic rings. The van der Waals surface area contributed by atoms with Gasteiger partial charge in [0.05, 0.1) is 31.5 Å². The minimum atomic E-state index is -0.427. The van der Waals surface area contributed by atoms with Crippen molar-refractivity contribution >= 4 is 5.97 Å². The van der Waals surface area contributed by atoms with Crippen molar-refractivity contribution in [3.63, 3.8) is 0 Å². The molecule has 6 atom stereocenters. The van der Waals surface area contributed by atoms with Crippen molar-refractivity contribution < 1.29 is 24.5 Å². The fraction of sp³-hybridized carbons (Fsp3) is 0.762. The van der Waals surface area contributed by atoms with E-state index in [2.05, 4.69) is 11.7 Å². The lowest BCUT2D eigenvalue weighted by Gasteiger charge is -2.17. The van der Waals surface area contributed by atoms with Gasteiger partial charge in [-0.05, 0) is 25.2 Å². The van der Waals surface area contributed by atoms with E-state index in [0.717, 1.165) is 32.1 Å². The van der Waals surface area contributed by atoms with Gasteiger partial charge in [-0.25, -0.2) is 0 Å². The minimum absolute atomic E-state index is 0.0422. The number of carbonyl (C=O) groups excluding carboxylic acids is 1. The van der Waals surface area contributed by atoms with E-state index in [-0.39, 0.29) is 24.1 Å². The Balaban J connectivity index is 1.80. The van der Waals surface area contributed by atoms with Crippen LogP contribution in [0.25, 0.3) is 0 Å². The summed E-state index contributed by atoms with van der Waals surface area (Å²) in [6.45, 7) is 2.15. The number of aliphatic hydroxyl groups excluding tert-OH is 2. The van der Waals surface area contributed by atoms with Crippen LogP contribution in [0.15, 0.2) is 24.3 Å². The summed E-state index contributed by atoms with van der Waals surface area (Å²) in [5.41, 5.74) is 0. The van der Waals surface area contributed by atoms with Crippen LogP contribution in [0.5, 0.6) is 0 Å². The number of aliphatic hydroxyl groups is 2. The number of unbranched alkanes of at least 4 members (excludes halogenated alkanes) is 2. The zero-order valence-electron chi connectivity index (χ0n) is 16.0. The smallest absolute Gasteiger partial charge is 0.305 e. The first-order valence-electron chi connectivity index (χ1n) is 9.98. The molecule has 0 amide bonds. The number of fused-ring (bicyclic) bond motifs is 1. The number of methoxy groups -OCH3 is 1. The molecular weight excluding hydrogens is 332 g/mol. The number of rotatable bonds is 10. The average molecular weight is 366 g/mol. The highest BCUT2D eigenvalue weighted by Gasteiger charge is 2.47. The van der Waals surface area contributed by atoms with Crippen molar-refractivity contribution in [2.45, 2.75) is 82.7 Å².